The van der Waals surface area contributed by atoms with Crippen molar-refractivity contribution in [2.75, 3.05) is 4.72 Å². The molecule has 0 aliphatic carbocycles. The number of hydrogen-bond donors (Lipinski definition) is 3. The molecule has 0 amide bonds. The van der Waals surface area contributed by atoms with Gasteiger partial charge in [-0.15, -0.1) is 0 Å². The normalized spacial score (nSPS) is 11.7. The molecule has 0 radical (unpaired) electrons. The maximum absolute atomic E-state index is 12.5. The van der Waals surface area contributed by atoms with E-state index in [4.69, 9.17) is 17.3 Å². The van der Waals surface area contributed by atoms with Gasteiger partial charge in [-0.1, -0.05) is 35.9 Å². The minimum Gasteiger partial charge on any atom is -0.358 e. The minimum absolute atomic E-state index is 0.171. The third-order valence-corrected chi connectivity index (χ3v) is 5.03. The van der Waals surface area contributed by atoms with Crippen LogP contribution in [0.4, 0.5) is 5.69 Å². The van der Waals surface area contributed by atoms with Gasteiger partial charge < -0.3 is 10.7 Å². The Labute approximate surface area is 133 Å². The molecule has 0 aliphatic heterocycles. The molecule has 3 aromatic rings. The van der Waals surface area contributed by atoms with E-state index in [1.807, 2.05) is 6.07 Å². The number of fused-ring (bicyclic) bond motifs is 1. The van der Waals surface area contributed by atoms with Crippen molar-refractivity contribution in [1.82, 2.24) is 4.98 Å². The van der Waals surface area contributed by atoms with E-state index in [9.17, 15) is 8.42 Å². The first-order valence-corrected chi connectivity index (χ1v) is 8.45. The summed E-state index contributed by atoms with van der Waals surface area (Å²) in [6.45, 7) is 0.283. The zero-order valence-electron chi connectivity index (χ0n) is 11.5. The van der Waals surface area contributed by atoms with Crippen LogP contribution in [0, 0.1) is 0 Å². The maximum Gasteiger partial charge on any atom is 0.261 e. The van der Waals surface area contributed by atoms with Gasteiger partial charge in [-0.05, 0) is 23.8 Å². The molecule has 0 unspecified atom stereocenters. The van der Waals surface area contributed by atoms with Crippen LogP contribution in [-0.2, 0) is 16.6 Å². The second-order valence-corrected chi connectivity index (χ2v) is 6.91. The second kappa shape index (κ2) is 5.64. The van der Waals surface area contributed by atoms with E-state index >= 15 is 0 Å². The molecule has 0 spiro atoms. The number of aromatic nitrogens is 1. The van der Waals surface area contributed by atoms with Gasteiger partial charge in [0.05, 0.1) is 21.1 Å². The van der Waals surface area contributed by atoms with Crippen LogP contribution in [0.25, 0.3) is 10.9 Å². The SMILES string of the molecule is NCc1cccc(S(=O)(=O)Nc2cccc3c(Cl)c[nH]c23)c1. The summed E-state index contributed by atoms with van der Waals surface area (Å²) in [5, 5.41) is 1.30. The summed E-state index contributed by atoms with van der Waals surface area (Å²) in [5.74, 6) is 0. The number of benzene rings is 2. The van der Waals surface area contributed by atoms with Gasteiger partial charge in [-0.3, -0.25) is 4.72 Å². The standard InChI is InChI=1S/C15H14ClN3O2S/c16-13-9-18-15-12(13)5-2-6-14(15)19-22(20,21)11-4-1-3-10(7-11)8-17/h1-7,9,18-19H,8,17H2. The van der Waals surface area contributed by atoms with Crippen LogP contribution in [0.3, 0.4) is 0 Å². The monoisotopic (exact) mass is 335 g/mol. The number of halogens is 1. The highest BCUT2D eigenvalue weighted by Crippen LogP contribution is 2.29. The molecule has 5 nitrogen and oxygen atoms in total. The molecule has 3 rings (SSSR count). The highest BCUT2D eigenvalue weighted by atomic mass is 35.5. The van der Waals surface area contributed by atoms with Crippen molar-refractivity contribution < 1.29 is 8.42 Å². The van der Waals surface area contributed by atoms with Gasteiger partial charge in [0.1, 0.15) is 0 Å². The summed E-state index contributed by atoms with van der Waals surface area (Å²) in [7, 11) is -3.70. The van der Waals surface area contributed by atoms with E-state index in [2.05, 4.69) is 9.71 Å². The van der Waals surface area contributed by atoms with Gasteiger partial charge in [-0.25, -0.2) is 8.42 Å². The fourth-order valence-electron chi connectivity index (χ4n) is 2.25. The lowest BCUT2D eigenvalue weighted by molar-refractivity contribution is 0.601. The Kier molecular flexibility index (Phi) is 3.82. The summed E-state index contributed by atoms with van der Waals surface area (Å²) >= 11 is 6.05. The molecule has 114 valence electrons. The fourth-order valence-corrected chi connectivity index (χ4v) is 3.60. The van der Waals surface area contributed by atoms with E-state index in [0.717, 1.165) is 10.9 Å². The third kappa shape index (κ3) is 2.68. The lowest BCUT2D eigenvalue weighted by Gasteiger charge is -2.10. The Bertz CT molecular complexity index is 935. The Hall–Kier alpha value is -2.02. The van der Waals surface area contributed by atoms with Crippen molar-refractivity contribution in [3.05, 3.63) is 59.2 Å². The van der Waals surface area contributed by atoms with Crippen molar-refractivity contribution in [3.8, 4) is 0 Å². The highest BCUT2D eigenvalue weighted by Gasteiger charge is 2.16. The zero-order chi connectivity index (χ0) is 15.7. The molecular weight excluding hydrogens is 322 g/mol. The highest BCUT2D eigenvalue weighted by molar-refractivity contribution is 7.92. The van der Waals surface area contributed by atoms with E-state index in [0.29, 0.717) is 16.2 Å². The summed E-state index contributed by atoms with van der Waals surface area (Å²) in [6, 6.07) is 11.8. The van der Waals surface area contributed by atoms with E-state index in [1.165, 1.54) is 6.07 Å². The topological polar surface area (TPSA) is 88.0 Å². The number of rotatable bonds is 4. The number of anilines is 1. The number of para-hydroxylation sites is 1. The van der Waals surface area contributed by atoms with Crippen LogP contribution in [-0.4, -0.2) is 13.4 Å². The molecule has 1 heterocycles. The van der Waals surface area contributed by atoms with Crippen LogP contribution in [0.5, 0.6) is 0 Å². The van der Waals surface area contributed by atoms with Crippen LogP contribution in [0.1, 0.15) is 5.56 Å². The van der Waals surface area contributed by atoms with Gasteiger partial charge in [0, 0.05) is 18.1 Å². The van der Waals surface area contributed by atoms with Gasteiger partial charge in [0.2, 0.25) is 0 Å². The van der Waals surface area contributed by atoms with Crippen LogP contribution < -0.4 is 10.5 Å². The molecule has 22 heavy (non-hydrogen) atoms. The van der Waals surface area contributed by atoms with Gasteiger partial charge in [-0.2, -0.15) is 0 Å². The van der Waals surface area contributed by atoms with Crippen molar-refractivity contribution in [2.45, 2.75) is 11.4 Å². The Morgan fingerprint density at radius 2 is 1.95 bits per heavy atom. The second-order valence-electron chi connectivity index (χ2n) is 4.82. The molecule has 2 aromatic carbocycles. The molecule has 0 fully saturated rings. The third-order valence-electron chi connectivity index (χ3n) is 3.35. The molecule has 0 saturated heterocycles. The van der Waals surface area contributed by atoms with Crippen LogP contribution in [0.15, 0.2) is 53.6 Å². The lowest BCUT2D eigenvalue weighted by Crippen LogP contribution is -2.13. The molecule has 7 heteroatoms. The van der Waals surface area contributed by atoms with E-state index in [-0.39, 0.29) is 11.4 Å². The first-order valence-electron chi connectivity index (χ1n) is 6.59. The number of nitrogens with one attached hydrogen (secondary N) is 2. The van der Waals surface area contributed by atoms with Crippen molar-refractivity contribution in [1.29, 1.82) is 0 Å². The molecule has 4 N–H and O–H groups in total. The van der Waals surface area contributed by atoms with Gasteiger partial charge in [0.15, 0.2) is 0 Å². The smallest absolute Gasteiger partial charge is 0.261 e. The maximum atomic E-state index is 12.5. The van der Waals surface area contributed by atoms with Crippen molar-refractivity contribution in [3.63, 3.8) is 0 Å². The number of H-pyrrole nitrogens is 1. The molecule has 0 bridgehead atoms. The van der Waals surface area contributed by atoms with E-state index in [1.54, 1.807) is 36.5 Å². The predicted molar refractivity (Wildman–Crippen MR) is 88.5 cm³/mol. The minimum atomic E-state index is -3.70. The summed E-state index contributed by atoms with van der Waals surface area (Å²) in [5.41, 5.74) is 7.40. The Morgan fingerprint density at radius 1 is 1.18 bits per heavy atom. The first kappa shape index (κ1) is 14.9. The van der Waals surface area contributed by atoms with Gasteiger partial charge >= 0.3 is 0 Å². The van der Waals surface area contributed by atoms with Gasteiger partial charge in [0.25, 0.3) is 10.0 Å². The zero-order valence-corrected chi connectivity index (χ0v) is 13.1. The number of hydrogen-bond acceptors (Lipinski definition) is 3. The average Bonchev–Trinajstić information content (AvgIpc) is 2.90. The summed E-state index contributed by atoms with van der Waals surface area (Å²) in [4.78, 5) is 3.15. The quantitative estimate of drug-likeness (QED) is 0.684. The van der Waals surface area contributed by atoms with Crippen molar-refractivity contribution >= 4 is 38.2 Å². The summed E-state index contributed by atoms with van der Waals surface area (Å²) in [6.07, 6.45) is 1.62. The van der Waals surface area contributed by atoms with E-state index < -0.39 is 10.0 Å². The molecular formula is C15H14ClN3O2S. The molecule has 0 atom stereocenters. The molecule has 0 saturated carbocycles. The van der Waals surface area contributed by atoms with Crippen molar-refractivity contribution in [2.24, 2.45) is 5.73 Å². The molecule has 0 aliphatic rings. The van der Waals surface area contributed by atoms with Crippen LogP contribution >= 0.6 is 11.6 Å². The number of nitrogens with two attached hydrogens (primary N) is 1. The fraction of sp³-hybridized carbons (Fsp3) is 0.0667. The Morgan fingerprint density at radius 3 is 2.73 bits per heavy atom. The largest absolute Gasteiger partial charge is 0.358 e. The van der Waals surface area contributed by atoms with Crippen LogP contribution in [0.2, 0.25) is 5.02 Å². The predicted octanol–water partition coefficient (Wildman–Crippen LogP) is 3.08. The summed E-state index contributed by atoms with van der Waals surface area (Å²) < 4.78 is 27.6. The lowest BCUT2D eigenvalue weighted by atomic mass is 10.2. The number of sulfonamides is 1. The average molecular weight is 336 g/mol. The Balaban J connectivity index is 2.03. The number of aromatic amines is 1. The first-order chi connectivity index (χ1) is 10.5. The molecule has 1 aromatic heterocycles.